The van der Waals surface area contributed by atoms with Gasteiger partial charge in [0.1, 0.15) is 5.75 Å². The monoisotopic (exact) mass is 362 g/mol. The van der Waals surface area contributed by atoms with E-state index in [1.807, 2.05) is 6.07 Å². The summed E-state index contributed by atoms with van der Waals surface area (Å²) in [4.78, 5) is 0. The van der Waals surface area contributed by atoms with Gasteiger partial charge >= 0.3 is 0 Å². The predicted molar refractivity (Wildman–Crippen MR) is 81.1 cm³/mol. The molecule has 0 fully saturated rings. The molecule has 0 aliphatic carbocycles. The summed E-state index contributed by atoms with van der Waals surface area (Å²) < 4.78 is 6.27. The van der Waals surface area contributed by atoms with E-state index < -0.39 is 0 Å². The Morgan fingerprint density at radius 1 is 1.29 bits per heavy atom. The predicted octanol–water partition coefficient (Wildman–Crippen LogP) is 5.06. The molecule has 1 aromatic rings. The Labute approximate surface area is 121 Å². The van der Waals surface area contributed by atoms with Gasteiger partial charge in [0.25, 0.3) is 0 Å². The van der Waals surface area contributed by atoms with Crippen molar-refractivity contribution in [3.05, 3.63) is 28.2 Å². The van der Waals surface area contributed by atoms with E-state index in [0.717, 1.165) is 22.0 Å². The van der Waals surface area contributed by atoms with Crippen LogP contribution in [-0.4, -0.2) is 12.4 Å². The molecule has 0 bridgehead atoms. The molecule has 1 rings (SSSR count). The van der Waals surface area contributed by atoms with E-state index in [1.54, 1.807) is 7.11 Å². The van der Waals surface area contributed by atoms with Crippen molar-refractivity contribution >= 4 is 31.9 Å². The molecule has 1 nitrogen and oxygen atoms in total. The lowest BCUT2D eigenvalue weighted by Gasteiger charge is -2.29. The first-order valence-corrected chi connectivity index (χ1v) is 7.68. The van der Waals surface area contributed by atoms with Crippen molar-refractivity contribution in [2.45, 2.75) is 27.2 Å². The molecule has 1 unspecified atom stereocenters. The third kappa shape index (κ3) is 4.29. The van der Waals surface area contributed by atoms with Crippen LogP contribution in [0.5, 0.6) is 5.75 Å². The third-order valence-corrected chi connectivity index (χ3v) is 4.51. The minimum Gasteiger partial charge on any atom is -0.496 e. The molecule has 0 amide bonds. The number of alkyl halides is 1. The quantitative estimate of drug-likeness (QED) is 0.679. The van der Waals surface area contributed by atoms with Crippen LogP contribution in [0.15, 0.2) is 22.7 Å². The molecule has 0 N–H and O–H groups in total. The first kappa shape index (κ1) is 15.0. The van der Waals surface area contributed by atoms with Crippen molar-refractivity contribution in [1.29, 1.82) is 0 Å². The minimum atomic E-state index is 0.315. The average Bonchev–Trinajstić information content (AvgIpc) is 2.24. The van der Waals surface area contributed by atoms with Crippen LogP contribution in [0, 0.1) is 11.3 Å². The zero-order valence-electron chi connectivity index (χ0n) is 10.9. The maximum atomic E-state index is 5.24. The van der Waals surface area contributed by atoms with Crippen LogP contribution in [0.25, 0.3) is 0 Å². The lowest BCUT2D eigenvalue weighted by Crippen LogP contribution is -2.24. The minimum absolute atomic E-state index is 0.315. The highest BCUT2D eigenvalue weighted by Gasteiger charge is 2.23. The lowest BCUT2D eigenvalue weighted by atomic mass is 9.78. The van der Waals surface area contributed by atoms with Gasteiger partial charge in [-0.1, -0.05) is 42.8 Å². The van der Waals surface area contributed by atoms with Crippen LogP contribution >= 0.6 is 31.9 Å². The van der Waals surface area contributed by atoms with Gasteiger partial charge in [-0.15, -0.1) is 0 Å². The summed E-state index contributed by atoms with van der Waals surface area (Å²) in [5, 5.41) is 1.03. The number of rotatable bonds is 4. The maximum absolute atomic E-state index is 5.24. The summed E-state index contributed by atoms with van der Waals surface area (Å²) in [6.45, 7) is 6.87. The topological polar surface area (TPSA) is 9.23 Å². The van der Waals surface area contributed by atoms with E-state index in [9.17, 15) is 0 Å². The fourth-order valence-electron chi connectivity index (χ4n) is 1.71. The Hall–Kier alpha value is -0.0200. The highest BCUT2D eigenvalue weighted by molar-refractivity contribution is 9.10. The van der Waals surface area contributed by atoms with Gasteiger partial charge in [-0.25, -0.2) is 0 Å². The SMILES string of the molecule is COc1ccc(CC(CBr)C(C)(C)C)cc1Br. The van der Waals surface area contributed by atoms with E-state index in [2.05, 4.69) is 64.8 Å². The Morgan fingerprint density at radius 3 is 2.35 bits per heavy atom. The maximum Gasteiger partial charge on any atom is 0.133 e. The smallest absolute Gasteiger partial charge is 0.133 e. The molecule has 17 heavy (non-hydrogen) atoms. The Balaban J connectivity index is 2.84. The van der Waals surface area contributed by atoms with Crippen molar-refractivity contribution in [2.75, 3.05) is 12.4 Å². The molecule has 0 spiro atoms. The van der Waals surface area contributed by atoms with Gasteiger partial charge in [0, 0.05) is 5.33 Å². The summed E-state index contributed by atoms with van der Waals surface area (Å²) >= 11 is 7.15. The molecule has 1 aromatic carbocycles. The number of halogens is 2. The Bertz CT molecular complexity index is 369. The second-order valence-corrected chi connectivity index (χ2v) is 6.89. The number of benzene rings is 1. The Kier molecular flexibility index (Phi) is 5.52. The van der Waals surface area contributed by atoms with Crippen molar-refractivity contribution < 1.29 is 4.74 Å². The highest BCUT2D eigenvalue weighted by Crippen LogP contribution is 2.32. The molecule has 1 atom stereocenters. The highest BCUT2D eigenvalue weighted by atomic mass is 79.9. The van der Waals surface area contributed by atoms with Gasteiger partial charge in [-0.3, -0.25) is 0 Å². The van der Waals surface area contributed by atoms with Gasteiger partial charge in [0.2, 0.25) is 0 Å². The van der Waals surface area contributed by atoms with Crippen LogP contribution < -0.4 is 4.74 Å². The van der Waals surface area contributed by atoms with Gasteiger partial charge < -0.3 is 4.74 Å². The van der Waals surface area contributed by atoms with Crippen molar-refractivity contribution in [2.24, 2.45) is 11.3 Å². The van der Waals surface area contributed by atoms with E-state index >= 15 is 0 Å². The second kappa shape index (κ2) is 6.24. The fourth-order valence-corrected chi connectivity index (χ4v) is 3.50. The molecule has 0 saturated heterocycles. The van der Waals surface area contributed by atoms with E-state index in [-0.39, 0.29) is 0 Å². The summed E-state index contributed by atoms with van der Waals surface area (Å²) in [5.74, 6) is 1.52. The molecule has 0 radical (unpaired) electrons. The Morgan fingerprint density at radius 2 is 1.94 bits per heavy atom. The summed E-state index contributed by atoms with van der Waals surface area (Å²) in [6.07, 6.45) is 1.08. The van der Waals surface area contributed by atoms with Crippen LogP contribution in [0.2, 0.25) is 0 Å². The molecule has 0 saturated carbocycles. The zero-order valence-corrected chi connectivity index (χ0v) is 14.1. The zero-order chi connectivity index (χ0) is 13.1. The molecule has 0 aromatic heterocycles. The van der Waals surface area contributed by atoms with Gasteiger partial charge in [0.15, 0.2) is 0 Å². The van der Waals surface area contributed by atoms with Crippen LogP contribution in [0.3, 0.4) is 0 Å². The molecular weight excluding hydrogens is 344 g/mol. The first-order valence-electron chi connectivity index (χ1n) is 5.77. The molecule has 3 heteroatoms. The molecule has 0 heterocycles. The normalized spacial score (nSPS) is 13.5. The summed E-state index contributed by atoms with van der Waals surface area (Å²) in [5.41, 5.74) is 1.66. The van der Waals surface area contributed by atoms with E-state index in [4.69, 9.17) is 4.74 Å². The lowest BCUT2D eigenvalue weighted by molar-refractivity contribution is 0.267. The van der Waals surface area contributed by atoms with Crippen molar-refractivity contribution in [3.8, 4) is 5.75 Å². The standard InChI is InChI=1S/C14H20Br2O/c1-14(2,3)11(9-15)7-10-5-6-13(17-4)12(16)8-10/h5-6,8,11H,7,9H2,1-4H3. The molecule has 0 aliphatic heterocycles. The van der Waals surface area contributed by atoms with Gasteiger partial charge in [0.05, 0.1) is 11.6 Å². The van der Waals surface area contributed by atoms with E-state index in [0.29, 0.717) is 11.3 Å². The van der Waals surface area contributed by atoms with Crippen LogP contribution in [0.1, 0.15) is 26.3 Å². The number of ether oxygens (including phenoxy) is 1. The van der Waals surface area contributed by atoms with Crippen molar-refractivity contribution in [1.82, 2.24) is 0 Å². The van der Waals surface area contributed by atoms with Crippen LogP contribution in [0.4, 0.5) is 0 Å². The fraction of sp³-hybridized carbons (Fsp3) is 0.571. The van der Waals surface area contributed by atoms with Crippen molar-refractivity contribution in [3.63, 3.8) is 0 Å². The third-order valence-electron chi connectivity index (χ3n) is 3.11. The first-order chi connectivity index (χ1) is 7.88. The van der Waals surface area contributed by atoms with E-state index in [1.165, 1.54) is 5.56 Å². The number of hydrogen-bond donors (Lipinski definition) is 0. The number of methoxy groups -OCH3 is 1. The number of hydrogen-bond acceptors (Lipinski definition) is 1. The summed E-state index contributed by atoms with van der Waals surface area (Å²) in [6, 6.07) is 6.32. The molecule has 96 valence electrons. The van der Waals surface area contributed by atoms with Gasteiger partial charge in [-0.2, -0.15) is 0 Å². The average molecular weight is 364 g/mol. The molecule has 0 aliphatic rings. The van der Waals surface area contributed by atoms with Gasteiger partial charge in [-0.05, 0) is 51.4 Å². The second-order valence-electron chi connectivity index (χ2n) is 5.39. The van der Waals surface area contributed by atoms with Crippen LogP contribution in [-0.2, 0) is 6.42 Å². The summed E-state index contributed by atoms with van der Waals surface area (Å²) in [7, 11) is 1.69. The largest absolute Gasteiger partial charge is 0.496 e. The molecular formula is C14H20Br2O.